The molecule has 1 N–H and O–H groups in total. The number of aryl methyl sites for hydroxylation is 1. The van der Waals surface area contributed by atoms with Crippen LogP contribution in [0.15, 0.2) is 91.9 Å². The number of methoxy groups -OCH3 is 1. The average Bonchev–Trinajstić information content (AvgIpc) is 3.24. The number of benzene rings is 2. The lowest BCUT2D eigenvalue weighted by molar-refractivity contribution is 0.414. The van der Waals surface area contributed by atoms with Gasteiger partial charge in [-0.2, -0.15) is 0 Å². The maximum atomic E-state index is 5.26. The SMILES string of the molecule is C=CC=CC(=CC)c1cn(-c2ccc(C)cc2)c2ncnc(NCc3ccc(OC)cc3)c12. The third-order valence-electron chi connectivity index (χ3n) is 5.55. The van der Waals surface area contributed by atoms with Crippen LogP contribution in [0.5, 0.6) is 5.75 Å². The summed E-state index contributed by atoms with van der Waals surface area (Å²) < 4.78 is 7.39. The first-order valence-corrected chi connectivity index (χ1v) is 10.9. The highest BCUT2D eigenvalue weighted by Crippen LogP contribution is 2.33. The van der Waals surface area contributed by atoms with Gasteiger partial charge in [-0.3, -0.25) is 0 Å². The lowest BCUT2D eigenvalue weighted by Gasteiger charge is -2.10. The second kappa shape index (κ2) is 10.0. The predicted octanol–water partition coefficient (Wildman–Crippen LogP) is 6.50. The molecule has 0 saturated heterocycles. The van der Waals surface area contributed by atoms with Crippen molar-refractivity contribution in [2.24, 2.45) is 0 Å². The number of rotatable bonds is 8. The Kier molecular flexibility index (Phi) is 6.69. The fourth-order valence-corrected chi connectivity index (χ4v) is 3.76. The summed E-state index contributed by atoms with van der Waals surface area (Å²) in [5.41, 5.74) is 6.40. The summed E-state index contributed by atoms with van der Waals surface area (Å²) in [5, 5.41) is 4.49. The first kappa shape index (κ1) is 22.1. The third kappa shape index (κ3) is 4.72. The molecule has 2 aromatic carbocycles. The summed E-state index contributed by atoms with van der Waals surface area (Å²) >= 11 is 0. The van der Waals surface area contributed by atoms with Gasteiger partial charge in [-0.25, -0.2) is 9.97 Å². The molecule has 0 aliphatic heterocycles. The van der Waals surface area contributed by atoms with Crippen molar-refractivity contribution < 1.29 is 4.74 Å². The van der Waals surface area contributed by atoms with E-state index in [2.05, 4.69) is 76.0 Å². The number of nitrogens with zero attached hydrogens (tertiary/aromatic N) is 3. The van der Waals surface area contributed by atoms with E-state index in [0.717, 1.165) is 45.0 Å². The van der Waals surface area contributed by atoms with Gasteiger partial charge in [0.1, 0.15) is 17.9 Å². The lowest BCUT2D eigenvalue weighted by atomic mass is 10.1. The van der Waals surface area contributed by atoms with Crippen LogP contribution in [0.4, 0.5) is 5.82 Å². The molecule has 4 rings (SSSR count). The molecule has 0 fully saturated rings. The fourth-order valence-electron chi connectivity index (χ4n) is 3.76. The Bertz CT molecular complexity index is 1310. The van der Waals surface area contributed by atoms with Gasteiger partial charge in [0.15, 0.2) is 5.65 Å². The Morgan fingerprint density at radius 3 is 2.52 bits per heavy atom. The van der Waals surface area contributed by atoms with Gasteiger partial charge < -0.3 is 14.6 Å². The van der Waals surface area contributed by atoms with Gasteiger partial charge in [-0.05, 0) is 49.2 Å². The monoisotopic (exact) mass is 436 g/mol. The minimum atomic E-state index is 0.638. The van der Waals surface area contributed by atoms with Gasteiger partial charge in [-0.1, -0.05) is 60.7 Å². The zero-order valence-electron chi connectivity index (χ0n) is 19.2. The van der Waals surface area contributed by atoms with Crippen LogP contribution in [0.25, 0.3) is 22.3 Å². The van der Waals surface area contributed by atoms with Crippen molar-refractivity contribution >= 4 is 22.4 Å². The lowest BCUT2D eigenvalue weighted by Crippen LogP contribution is -2.03. The summed E-state index contributed by atoms with van der Waals surface area (Å²) in [5.74, 6) is 1.63. The largest absolute Gasteiger partial charge is 0.497 e. The van der Waals surface area contributed by atoms with E-state index in [1.54, 1.807) is 19.5 Å². The van der Waals surface area contributed by atoms with Crippen LogP contribution in [-0.4, -0.2) is 21.6 Å². The number of allylic oxidation sites excluding steroid dienone is 5. The summed E-state index contributed by atoms with van der Waals surface area (Å²) in [6.45, 7) is 8.57. The highest BCUT2D eigenvalue weighted by atomic mass is 16.5. The van der Waals surface area contributed by atoms with Gasteiger partial charge in [-0.15, -0.1) is 0 Å². The molecule has 0 bridgehead atoms. The second-order valence-corrected chi connectivity index (χ2v) is 7.71. The van der Waals surface area contributed by atoms with Crippen LogP contribution >= 0.6 is 0 Å². The molecule has 0 atom stereocenters. The minimum Gasteiger partial charge on any atom is -0.497 e. The van der Waals surface area contributed by atoms with Crippen LogP contribution in [0, 0.1) is 6.92 Å². The number of hydrogen-bond acceptors (Lipinski definition) is 4. The maximum Gasteiger partial charge on any atom is 0.150 e. The minimum absolute atomic E-state index is 0.638. The molecule has 4 aromatic rings. The van der Waals surface area contributed by atoms with Crippen molar-refractivity contribution in [2.45, 2.75) is 20.4 Å². The number of anilines is 1. The molecular weight excluding hydrogens is 408 g/mol. The first-order valence-electron chi connectivity index (χ1n) is 10.9. The van der Waals surface area contributed by atoms with E-state index in [0.29, 0.717) is 6.54 Å². The van der Waals surface area contributed by atoms with Crippen molar-refractivity contribution in [1.29, 1.82) is 0 Å². The highest BCUT2D eigenvalue weighted by Gasteiger charge is 2.17. The molecular formula is C28H28N4O. The van der Waals surface area contributed by atoms with E-state index < -0.39 is 0 Å². The molecule has 0 spiro atoms. The second-order valence-electron chi connectivity index (χ2n) is 7.71. The molecule has 5 nitrogen and oxygen atoms in total. The molecule has 0 unspecified atom stereocenters. The number of hydrogen-bond donors (Lipinski definition) is 1. The Hall–Kier alpha value is -4.12. The Labute approximate surface area is 194 Å². The zero-order chi connectivity index (χ0) is 23.2. The normalized spacial score (nSPS) is 11.8. The third-order valence-corrected chi connectivity index (χ3v) is 5.55. The topological polar surface area (TPSA) is 52.0 Å². The van der Waals surface area contributed by atoms with Gasteiger partial charge >= 0.3 is 0 Å². The summed E-state index contributed by atoms with van der Waals surface area (Å²) in [7, 11) is 1.67. The quantitative estimate of drug-likeness (QED) is 0.321. The van der Waals surface area contributed by atoms with Crippen LogP contribution in [-0.2, 0) is 6.54 Å². The van der Waals surface area contributed by atoms with Crippen molar-refractivity contribution in [3.8, 4) is 11.4 Å². The Balaban J connectivity index is 1.82. The predicted molar refractivity (Wildman–Crippen MR) is 137 cm³/mol. The standard InChI is InChI=1S/C28H28N4O/c1-5-7-8-22(6-2)25-18-32(23-13-9-20(3)10-14-23)28-26(25)27(30-19-31-28)29-17-21-11-15-24(33-4)16-12-21/h5-16,18-19H,1,17H2,2-4H3,(H,29,30,31). The molecule has 33 heavy (non-hydrogen) atoms. The first-order chi connectivity index (χ1) is 16.1. The molecule has 0 radical (unpaired) electrons. The Morgan fingerprint density at radius 1 is 1.09 bits per heavy atom. The summed E-state index contributed by atoms with van der Waals surface area (Å²) in [6.07, 6.45) is 11.6. The molecule has 2 heterocycles. The summed E-state index contributed by atoms with van der Waals surface area (Å²) in [4.78, 5) is 9.26. The van der Waals surface area contributed by atoms with E-state index in [1.807, 2.05) is 37.3 Å². The van der Waals surface area contributed by atoms with Gasteiger partial charge in [0.25, 0.3) is 0 Å². The average molecular weight is 437 g/mol. The van der Waals surface area contributed by atoms with Gasteiger partial charge in [0, 0.05) is 24.0 Å². The van der Waals surface area contributed by atoms with Crippen LogP contribution in [0.3, 0.4) is 0 Å². The number of ether oxygens (including phenoxy) is 1. The van der Waals surface area contributed by atoms with Crippen LogP contribution in [0.1, 0.15) is 23.6 Å². The van der Waals surface area contributed by atoms with Crippen molar-refractivity contribution in [3.63, 3.8) is 0 Å². The Morgan fingerprint density at radius 2 is 1.85 bits per heavy atom. The molecule has 0 amide bonds. The van der Waals surface area contributed by atoms with Crippen LogP contribution < -0.4 is 10.1 Å². The molecule has 2 aromatic heterocycles. The zero-order valence-corrected chi connectivity index (χ0v) is 19.2. The van der Waals surface area contributed by atoms with Gasteiger partial charge in [0.05, 0.1) is 12.5 Å². The van der Waals surface area contributed by atoms with Crippen molar-refractivity contribution in [3.05, 3.63) is 109 Å². The van der Waals surface area contributed by atoms with Crippen LogP contribution in [0.2, 0.25) is 0 Å². The molecule has 166 valence electrons. The number of aromatic nitrogens is 3. The number of nitrogens with one attached hydrogen (secondary N) is 1. The van der Waals surface area contributed by atoms with E-state index in [9.17, 15) is 0 Å². The van der Waals surface area contributed by atoms with Crippen molar-refractivity contribution in [2.75, 3.05) is 12.4 Å². The molecule has 0 aliphatic rings. The number of fused-ring (bicyclic) bond motifs is 1. The van der Waals surface area contributed by atoms with Gasteiger partial charge in [0.2, 0.25) is 0 Å². The van der Waals surface area contributed by atoms with Crippen molar-refractivity contribution in [1.82, 2.24) is 14.5 Å². The molecule has 0 saturated carbocycles. The highest BCUT2D eigenvalue weighted by molar-refractivity contribution is 6.00. The fraction of sp³-hybridized carbons (Fsp3) is 0.143. The van der Waals surface area contributed by atoms with E-state index >= 15 is 0 Å². The summed E-state index contributed by atoms with van der Waals surface area (Å²) in [6, 6.07) is 16.5. The van der Waals surface area contributed by atoms with E-state index in [4.69, 9.17) is 4.74 Å². The molecule has 5 heteroatoms. The smallest absolute Gasteiger partial charge is 0.150 e. The van der Waals surface area contributed by atoms with E-state index in [-0.39, 0.29) is 0 Å². The van der Waals surface area contributed by atoms with E-state index in [1.165, 1.54) is 5.56 Å². The maximum absolute atomic E-state index is 5.26. The molecule has 0 aliphatic carbocycles.